The Bertz CT molecular complexity index is 1240. The minimum atomic E-state index is -0.899. The second kappa shape index (κ2) is 14.1. The van der Waals surface area contributed by atoms with Gasteiger partial charge in [0.2, 0.25) is 0 Å². The van der Waals surface area contributed by atoms with Crippen molar-refractivity contribution in [3.05, 3.63) is 81.5 Å². The minimum absolute atomic E-state index is 0.258. The number of thiophene rings is 1. The lowest BCUT2D eigenvalue weighted by Gasteiger charge is -2.17. The number of benzene rings is 2. The molecule has 1 heterocycles. The van der Waals surface area contributed by atoms with Crippen LogP contribution >= 0.6 is 22.9 Å². The van der Waals surface area contributed by atoms with E-state index in [9.17, 15) is 14.4 Å². The molecule has 0 aliphatic heterocycles. The lowest BCUT2D eigenvalue weighted by Crippen LogP contribution is -2.45. The van der Waals surface area contributed by atoms with Crippen molar-refractivity contribution in [2.75, 3.05) is 27.4 Å². The van der Waals surface area contributed by atoms with Crippen LogP contribution in [-0.2, 0) is 25.5 Å². The van der Waals surface area contributed by atoms with Crippen molar-refractivity contribution < 1.29 is 33.3 Å². The molecule has 1 aromatic heterocycles. The Balaban J connectivity index is 1.58. The maximum absolute atomic E-state index is 12.9. The zero-order valence-electron chi connectivity index (χ0n) is 20.3. The van der Waals surface area contributed by atoms with Crippen LogP contribution in [0.1, 0.15) is 10.4 Å². The first-order valence-corrected chi connectivity index (χ1v) is 12.4. The molecule has 0 aliphatic rings. The normalized spacial score (nSPS) is 11.5. The number of halogens is 1. The average Bonchev–Trinajstić information content (AvgIpc) is 3.41. The van der Waals surface area contributed by atoms with Crippen LogP contribution < -0.4 is 19.5 Å². The largest absolute Gasteiger partial charge is 0.493 e. The van der Waals surface area contributed by atoms with E-state index in [1.54, 1.807) is 42.5 Å². The van der Waals surface area contributed by atoms with E-state index >= 15 is 0 Å². The van der Waals surface area contributed by atoms with Gasteiger partial charge in [0.05, 0.1) is 20.3 Å². The van der Waals surface area contributed by atoms with E-state index in [-0.39, 0.29) is 13.0 Å². The quantitative estimate of drug-likeness (QED) is 0.253. The van der Waals surface area contributed by atoms with Gasteiger partial charge in [-0.1, -0.05) is 35.9 Å². The second-order valence-electron chi connectivity index (χ2n) is 7.64. The predicted octanol–water partition coefficient (Wildman–Crippen LogP) is 4.35. The Kier molecular flexibility index (Phi) is 10.5. The first kappa shape index (κ1) is 27.8. The number of amides is 1. The zero-order chi connectivity index (χ0) is 26.6. The molecule has 0 saturated carbocycles. The van der Waals surface area contributed by atoms with Gasteiger partial charge in [-0.05, 0) is 41.8 Å². The van der Waals surface area contributed by atoms with Gasteiger partial charge in [-0.15, -0.1) is 11.3 Å². The summed E-state index contributed by atoms with van der Waals surface area (Å²) in [6.45, 7) is -0.816. The molecule has 10 heteroatoms. The van der Waals surface area contributed by atoms with Crippen molar-refractivity contribution in [2.45, 2.75) is 12.5 Å². The number of rotatable bonds is 13. The second-order valence-corrected chi connectivity index (χ2v) is 9.11. The number of Topliss-reactive ketones (excluding diaryl/α,β-unsaturated/α-hetero) is 1. The van der Waals surface area contributed by atoms with Crippen LogP contribution in [0, 0.1) is 0 Å². The molecule has 8 nitrogen and oxygen atoms in total. The number of carbonyl (C=O) groups is 3. The fraction of sp³-hybridized carbons (Fsp3) is 0.222. The van der Waals surface area contributed by atoms with Gasteiger partial charge in [0.15, 0.2) is 30.5 Å². The summed E-state index contributed by atoms with van der Waals surface area (Å²) in [7, 11) is 3.01. The number of para-hydroxylation sites is 1. The first-order valence-electron chi connectivity index (χ1n) is 11.2. The molecular weight excluding hydrogens is 518 g/mol. The monoisotopic (exact) mass is 543 g/mol. The van der Waals surface area contributed by atoms with Crippen LogP contribution in [-0.4, -0.2) is 51.1 Å². The number of ether oxygens (including phenoxy) is 4. The van der Waals surface area contributed by atoms with Gasteiger partial charge in [-0.25, -0.2) is 4.79 Å². The zero-order valence-corrected chi connectivity index (χ0v) is 21.8. The van der Waals surface area contributed by atoms with Gasteiger partial charge in [0.1, 0.15) is 5.75 Å². The number of methoxy groups -OCH3 is 2. The van der Waals surface area contributed by atoms with Gasteiger partial charge in [0, 0.05) is 28.0 Å². The molecule has 3 rings (SSSR count). The van der Waals surface area contributed by atoms with Crippen molar-refractivity contribution in [1.82, 2.24) is 5.32 Å². The first-order chi connectivity index (χ1) is 17.9. The van der Waals surface area contributed by atoms with E-state index in [4.69, 9.17) is 30.5 Å². The molecule has 0 saturated heterocycles. The summed E-state index contributed by atoms with van der Waals surface area (Å²) in [5.74, 6) is -0.263. The number of carbonyl (C=O) groups excluding carboxylic acids is 3. The Hall–Kier alpha value is -3.82. The summed E-state index contributed by atoms with van der Waals surface area (Å²) in [5, 5.41) is 5.02. The Morgan fingerprint density at radius 1 is 1.03 bits per heavy atom. The molecule has 2 aromatic carbocycles. The Morgan fingerprint density at radius 3 is 2.54 bits per heavy atom. The standard InChI is InChI=1S/C27H26ClNO7S/c1-33-24-10-3-6-18(27(24)34-2)11-12-26(32)36-16-23(30)22(15-21-9-5-13-37-21)29-25(31)17-35-20-8-4-7-19(28)14-20/h3-14,22H,15-17H2,1-2H3,(H,29,31)/b12-11-/t22-/m0/s1. The lowest BCUT2D eigenvalue weighted by molar-refractivity contribution is -0.144. The maximum Gasteiger partial charge on any atom is 0.331 e. The number of nitrogens with one attached hydrogen (secondary N) is 1. The lowest BCUT2D eigenvalue weighted by atomic mass is 10.1. The molecule has 0 bridgehead atoms. The summed E-state index contributed by atoms with van der Waals surface area (Å²) in [6.07, 6.45) is 2.95. The van der Waals surface area contributed by atoms with Gasteiger partial charge >= 0.3 is 5.97 Å². The van der Waals surface area contributed by atoms with E-state index in [1.807, 2.05) is 17.5 Å². The molecule has 1 atom stereocenters. The number of hydrogen-bond donors (Lipinski definition) is 1. The Morgan fingerprint density at radius 2 is 1.84 bits per heavy atom. The maximum atomic E-state index is 12.9. The minimum Gasteiger partial charge on any atom is -0.493 e. The highest BCUT2D eigenvalue weighted by molar-refractivity contribution is 7.09. The van der Waals surface area contributed by atoms with Crippen LogP contribution in [0.25, 0.3) is 6.08 Å². The van der Waals surface area contributed by atoms with Crippen molar-refractivity contribution >= 4 is 46.7 Å². The van der Waals surface area contributed by atoms with Crippen LogP contribution in [0.3, 0.4) is 0 Å². The third-order valence-electron chi connectivity index (χ3n) is 5.06. The van der Waals surface area contributed by atoms with Crippen molar-refractivity contribution in [1.29, 1.82) is 0 Å². The summed E-state index contributed by atoms with van der Waals surface area (Å²) in [4.78, 5) is 38.5. The highest BCUT2D eigenvalue weighted by Crippen LogP contribution is 2.31. The van der Waals surface area contributed by atoms with Gasteiger partial charge in [0.25, 0.3) is 5.91 Å². The van der Waals surface area contributed by atoms with Crippen molar-refractivity contribution in [2.24, 2.45) is 0 Å². The number of esters is 1. The van der Waals surface area contributed by atoms with Gasteiger partial charge < -0.3 is 24.3 Å². The topological polar surface area (TPSA) is 100 Å². The van der Waals surface area contributed by atoms with Gasteiger partial charge in [-0.3, -0.25) is 9.59 Å². The predicted molar refractivity (Wildman–Crippen MR) is 141 cm³/mol. The smallest absolute Gasteiger partial charge is 0.331 e. The van der Waals surface area contributed by atoms with Crippen molar-refractivity contribution in [3.8, 4) is 17.2 Å². The fourth-order valence-electron chi connectivity index (χ4n) is 3.31. The summed E-state index contributed by atoms with van der Waals surface area (Å²) in [5.41, 5.74) is 0.604. The van der Waals surface area contributed by atoms with Crippen molar-refractivity contribution in [3.63, 3.8) is 0 Å². The Labute approximate surface area is 223 Å². The SMILES string of the molecule is COc1cccc(/C=C\C(=O)OCC(=O)[C@H](Cc2cccs2)NC(=O)COc2cccc(Cl)c2)c1OC. The van der Waals surface area contributed by atoms with E-state index in [0.717, 1.165) is 4.88 Å². The molecule has 0 aliphatic carbocycles. The summed E-state index contributed by atoms with van der Waals surface area (Å²) < 4.78 is 21.2. The molecule has 0 fully saturated rings. The number of hydrogen-bond acceptors (Lipinski definition) is 8. The molecule has 194 valence electrons. The third-order valence-corrected chi connectivity index (χ3v) is 6.20. The highest BCUT2D eigenvalue weighted by atomic mass is 35.5. The molecule has 1 N–H and O–H groups in total. The molecule has 3 aromatic rings. The summed E-state index contributed by atoms with van der Waals surface area (Å²) >= 11 is 7.38. The molecule has 0 spiro atoms. The third kappa shape index (κ3) is 8.66. The fourth-order valence-corrected chi connectivity index (χ4v) is 4.24. The van der Waals surface area contributed by atoms with Crippen LogP contribution in [0.5, 0.6) is 17.2 Å². The highest BCUT2D eigenvalue weighted by Gasteiger charge is 2.23. The molecule has 37 heavy (non-hydrogen) atoms. The number of ketones is 1. The summed E-state index contributed by atoms with van der Waals surface area (Å²) in [6, 6.07) is 14.7. The van der Waals surface area contributed by atoms with Crippen LogP contribution in [0.4, 0.5) is 0 Å². The van der Waals surface area contributed by atoms with E-state index in [2.05, 4.69) is 5.32 Å². The van der Waals surface area contributed by atoms with Crippen LogP contribution in [0.2, 0.25) is 5.02 Å². The van der Waals surface area contributed by atoms with Gasteiger partial charge in [-0.2, -0.15) is 0 Å². The van der Waals surface area contributed by atoms with E-state index < -0.39 is 30.3 Å². The molecule has 0 radical (unpaired) electrons. The van der Waals surface area contributed by atoms with Crippen LogP contribution in [0.15, 0.2) is 66.1 Å². The van der Waals surface area contributed by atoms with E-state index in [0.29, 0.717) is 27.8 Å². The molecular formula is C27H26ClNO7S. The average molecular weight is 544 g/mol. The van der Waals surface area contributed by atoms with E-state index in [1.165, 1.54) is 37.7 Å². The molecule has 0 unspecified atom stereocenters. The molecule has 1 amide bonds.